The third-order valence-corrected chi connectivity index (χ3v) is 4.41. The maximum absolute atomic E-state index is 12.5. The molecule has 0 saturated carbocycles. The maximum atomic E-state index is 12.5. The van der Waals surface area contributed by atoms with Crippen LogP contribution >= 0.6 is 0 Å². The second-order valence-corrected chi connectivity index (χ2v) is 6.33. The zero-order valence-corrected chi connectivity index (χ0v) is 15.2. The zero-order chi connectivity index (χ0) is 18.7. The van der Waals surface area contributed by atoms with Gasteiger partial charge >= 0.3 is 0 Å². The first-order valence-electron chi connectivity index (χ1n) is 8.74. The fourth-order valence-electron chi connectivity index (χ4n) is 3.12. The summed E-state index contributed by atoms with van der Waals surface area (Å²) in [5, 5.41) is 2.69. The summed E-state index contributed by atoms with van der Waals surface area (Å²) in [5.74, 6) is 1.49. The quantitative estimate of drug-likeness (QED) is 0.776. The number of methoxy groups -OCH3 is 1. The third kappa shape index (κ3) is 3.56. The molecule has 1 aromatic carbocycles. The molecule has 2 aromatic rings. The smallest absolute Gasteiger partial charge is 0.256 e. The van der Waals surface area contributed by atoms with Crippen LogP contribution in [0, 0.1) is 6.92 Å². The third-order valence-electron chi connectivity index (χ3n) is 4.41. The average Bonchev–Trinajstić information content (AvgIpc) is 2.60. The minimum Gasteiger partial charge on any atom is -0.493 e. The number of fused-ring (bicyclic) bond motifs is 1. The first kappa shape index (κ1) is 18.0. The van der Waals surface area contributed by atoms with Gasteiger partial charge in [0, 0.05) is 12.3 Å². The van der Waals surface area contributed by atoms with Crippen molar-refractivity contribution in [1.82, 2.24) is 9.97 Å². The summed E-state index contributed by atoms with van der Waals surface area (Å²) in [4.78, 5) is 31.6. The Kier molecular flexibility index (Phi) is 5.25. The first-order chi connectivity index (χ1) is 12.5. The van der Waals surface area contributed by atoms with Gasteiger partial charge in [-0.25, -0.2) is 4.98 Å². The summed E-state index contributed by atoms with van der Waals surface area (Å²) in [5.41, 5.74) is 1.05. The molecule has 0 bridgehead atoms. The average molecular weight is 357 g/mol. The molecule has 0 aliphatic carbocycles. The topological polar surface area (TPSA) is 93.3 Å². The number of anilines is 1. The van der Waals surface area contributed by atoms with Gasteiger partial charge in [-0.05, 0) is 31.0 Å². The van der Waals surface area contributed by atoms with Crippen molar-refractivity contribution in [3.8, 4) is 11.5 Å². The van der Waals surface area contributed by atoms with E-state index in [1.807, 2.05) is 18.2 Å². The molecule has 1 amide bonds. The number of unbranched alkanes of at least 4 members (excludes halogenated alkanes) is 1. The number of ether oxygens (including phenoxy) is 2. The number of hydrogen-bond donors (Lipinski definition) is 2. The molecule has 26 heavy (non-hydrogen) atoms. The molecule has 0 unspecified atom stereocenters. The van der Waals surface area contributed by atoms with Gasteiger partial charge in [-0.15, -0.1) is 0 Å². The van der Waals surface area contributed by atoms with Crippen molar-refractivity contribution in [2.24, 2.45) is 0 Å². The molecule has 1 atom stereocenters. The van der Waals surface area contributed by atoms with Gasteiger partial charge in [0.2, 0.25) is 5.91 Å². The molecule has 2 heterocycles. The molecule has 0 fully saturated rings. The van der Waals surface area contributed by atoms with E-state index in [0.29, 0.717) is 35.3 Å². The van der Waals surface area contributed by atoms with Gasteiger partial charge in [-0.1, -0.05) is 19.4 Å². The number of amides is 1. The summed E-state index contributed by atoms with van der Waals surface area (Å²) in [6.45, 7) is 4.40. The van der Waals surface area contributed by atoms with Gasteiger partial charge < -0.3 is 19.8 Å². The van der Waals surface area contributed by atoms with E-state index in [-0.39, 0.29) is 23.8 Å². The molecule has 0 radical (unpaired) electrons. The van der Waals surface area contributed by atoms with Gasteiger partial charge in [0.15, 0.2) is 11.5 Å². The van der Waals surface area contributed by atoms with Gasteiger partial charge in [-0.2, -0.15) is 0 Å². The number of nitrogens with zero attached hydrogens (tertiary/aromatic N) is 1. The number of aromatic amines is 1. The number of H-pyrrole nitrogens is 1. The lowest BCUT2D eigenvalue weighted by molar-refractivity contribution is -0.116. The van der Waals surface area contributed by atoms with E-state index in [2.05, 4.69) is 22.2 Å². The second-order valence-electron chi connectivity index (χ2n) is 6.33. The van der Waals surface area contributed by atoms with Crippen LogP contribution in [0.25, 0.3) is 0 Å². The highest BCUT2D eigenvalue weighted by molar-refractivity contribution is 5.94. The molecule has 1 aromatic heterocycles. The Morgan fingerprint density at radius 1 is 1.27 bits per heavy atom. The minimum atomic E-state index is -0.380. The van der Waals surface area contributed by atoms with Crippen molar-refractivity contribution in [2.45, 2.75) is 39.0 Å². The lowest BCUT2D eigenvalue weighted by Gasteiger charge is -2.25. The standard InChI is InChI=1S/C19H23N3O4/c1-4-5-8-26-14-7-6-12(9-15(14)25-3)13-10-16(23)22-18-17(13)19(24)21-11(2)20-18/h6-7,9,13H,4-5,8,10H2,1-3H3,(H2,20,21,22,23,24)/t13-/m0/s1. The van der Waals surface area contributed by atoms with Crippen LogP contribution in [0.5, 0.6) is 11.5 Å². The van der Waals surface area contributed by atoms with Crippen LogP contribution in [-0.4, -0.2) is 29.6 Å². The Morgan fingerprint density at radius 2 is 2.08 bits per heavy atom. The van der Waals surface area contributed by atoms with Crippen molar-refractivity contribution < 1.29 is 14.3 Å². The fourth-order valence-corrected chi connectivity index (χ4v) is 3.12. The van der Waals surface area contributed by atoms with Crippen molar-refractivity contribution in [3.63, 3.8) is 0 Å². The Morgan fingerprint density at radius 3 is 2.81 bits per heavy atom. The molecule has 2 N–H and O–H groups in total. The van der Waals surface area contributed by atoms with Crippen LogP contribution in [0.3, 0.4) is 0 Å². The summed E-state index contributed by atoms with van der Waals surface area (Å²) < 4.78 is 11.2. The lowest BCUT2D eigenvalue weighted by Crippen LogP contribution is -2.31. The number of aryl methyl sites for hydroxylation is 1. The van der Waals surface area contributed by atoms with Gasteiger partial charge in [0.05, 0.1) is 19.3 Å². The number of carbonyl (C=O) groups excluding carboxylic acids is 1. The fraction of sp³-hybridized carbons (Fsp3) is 0.421. The number of nitrogens with one attached hydrogen (secondary N) is 2. The molecule has 0 saturated heterocycles. The predicted molar refractivity (Wildman–Crippen MR) is 98.1 cm³/mol. The molecule has 0 spiro atoms. The number of benzene rings is 1. The Bertz CT molecular complexity index is 876. The van der Waals surface area contributed by atoms with E-state index < -0.39 is 0 Å². The van der Waals surface area contributed by atoms with Crippen molar-refractivity contribution in [1.29, 1.82) is 0 Å². The second kappa shape index (κ2) is 7.59. The molecule has 7 heteroatoms. The van der Waals surface area contributed by atoms with E-state index >= 15 is 0 Å². The summed E-state index contributed by atoms with van der Waals surface area (Å²) in [6, 6.07) is 5.52. The summed E-state index contributed by atoms with van der Waals surface area (Å²) in [7, 11) is 1.57. The molecular formula is C19H23N3O4. The van der Waals surface area contributed by atoms with Crippen LogP contribution in [0.15, 0.2) is 23.0 Å². The molecule has 138 valence electrons. The highest BCUT2D eigenvalue weighted by atomic mass is 16.5. The van der Waals surface area contributed by atoms with Gasteiger partial charge in [-0.3, -0.25) is 9.59 Å². The van der Waals surface area contributed by atoms with Crippen LogP contribution in [0.1, 0.15) is 49.1 Å². The molecule has 1 aliphatic rings. The summed E-state index contributed by atoms with van der Waals surface area (Å²) in [6.07, 6.45) is 2.19. The van der Waals surface area contributed by atoms with E-state index in [4.69, 9.17) is 9.47 Å². The normalized spacial score (nSPS) is 16.0. The molecule has 7 nitrogen and oxygen atoms in total. The maximum Gasteiger partial charge on any atom is 0.256 e. The predicted octanol–water partition coefficient (Wildman–Crippen LogP) is 2.74. The lowest BCUT2D eigenvalue weighted by atomic mass is 9.86. The van der Waals surface area contributed by atoms with Gasteiger partial charge in [0.25, 0.3) is 5.56 Å². The Hall–Kier alpha value is -2.83. The van der Waals surface area contributed by atoms with Crippen LogP contribution in [0.2, 0.25) is 0 Å². The monoisotopic (exact) mass is 357 g/mol. The highest BCUT2D eigenvalue weighted by Crippen LogP contribution is 2.38. The largest absolute Gasteiger partial charge is 0.493 e. The van der Waals surface area contributed by atoms with Crippen molar-refractivity contribution in [2.75, 3.05) is 19.0 Å². The first-order valence-corrected chi connectivity index (χ1v) is 8.74. The van der Waals surface area contributed by atoms with Crippen LogP contribution < -0.4 is 20.3 Å². The number of carbonyl (C=O) groups is 1. The number of hydrogen-bond acceptors (Lipinski definition) is 5. The molecular weight excluding hydrogens is 334 g/mol. The van der Waals surface area contributed by atoms with E-state index in [9.17, 15) is 9.59 Å². The number of aromatic nitrogens is 2. The Labute approximate surface area is 151 Å². The van der Waals surface area contributed by atoms with E-state index in [1.165, 1.54) is 0 Å². The highest BCUT2D eigenvalue weighted by Gasteiger charge is 2.31. The van der Waals surface area contributed by atoms with Crippen molar-refractivity contribution >= 4 is 11.7 Å². The van der Waals surface area contributed by atoms with E-state index in [1.54, 1.807) is 14.0 Å². The van der Waals surface area contributed by atoms with Gasteiger partial charge in [0.1, 0.15) is 11.6 Å². The van der Waals surface area contributed by atoms with Crippen molar-refractivity contribution in [3.05, 3.63) is 45.5 Å². The minimum absolute atomic E-state index is 0.165. The molecule has 3 rings (SSSR count). The number of rotatable bonds is 6. The zero-order valence-electron chi connectivity index (χ0n) is 15.2. The Balaban J connectivity index is 1.99. The van der Waals surface area contributed by atoms with E-state index in [0.717, 1.165) is 18.4 Å². The SMILES string of the molecule is CCCCOc1ccc([C@@H]2CC(=O)Nc3nc(C)[nH]c(=O)c32)cc1OC. The molecule has 1 aliphatic heterocycles. The van der Waals surface area contributed by atoms with Crippen LogP contribution in [0.4, 0.5) is 5.82 Å². The summed E-state index contributed by atoms with van der Waals surface area (Å²) >= 11 is 0. The van der Waals surface area contributed by atoms with Crippen LogP contribution in [-0.2, 0) is 4.79 Å².